The molecule has 20 heavy (non-hydrogen) atoms. The second-order valence-electron chi connectivity index (χ2n) is 4.04. The second kappa shape index (κ2) is 6.10. The lowest BCUT2D eigenvalue weighted by atomic mass is 10.3. The van der Waals surface area contributed by atoms with Crippen LogP contribution in [0.15, 0.2) is 42.6 Å². The first-order chi connectivity index (χ1) is 9.56. The number of nitrogens with one attached hydrogen (secondary N) is 1. The number of carbonyl (C=O) groups excluding carboxylic acids is 1. The van der Waals surface area contributed by atoms with E-state index in [1.807, 2.05) is 0 Å². The summed E-state index contributed by atoms with van der Waals surface area (Å²) in [6.45, 7) is 1.46. The van der Waals surface area contributed by atoms with Gasteiger partial charge in [-0.3, -0.25) is 4.79 Å². The van der Waals surface area contributed by atoms with Crippen molar-refractivity contribution < 1.29 is 18.3 Å². The van der Waals surface area contributed by atoms with Crippen molar-refractivity contribution in [2.75, 3.05) is 5.32 Å². The van der Waals surface area contributed by atoms with E-state index in [1.54, 1.807) is 18.2 Å². The molecule has 1 atom stereocenters. The monoisotopic (exact) mass is 278 g/mol. The Labute approximate surface area is 114 Å². The van der Waals surface area contributed by atoms with Gasteiger partial charge in [0.1, 0.15) is 11.6 Å². The number of anilines is 1. The summed E-state index contributed by atoms with van der Waals surface area (Å²) in [6, 6.07) is 7.93. The summed E-state index contributed by atoms with van der Waals surface area (Å²) < 4.78 is 31.3. The molecule has 1 N–H and O–H groups in total. The molecular formula is C14H12F2N2O2. The van der Waals surface area contributed by atoms with E-state index in [4.69, 9.17) is 4.74 Å². The Morgan fingerprint density at radius 2 is 2.10 bits per heavy atom. The second-order valence-corrected chi connectivity index (χ2v) is 4.04. The van der Waals surface area contributed by atoms with Gasteiger partial charge in [-0.05, 0) is 31.2 Å². The van der Waals surface area contributed by atoms with Crippen LogP contribution in [0, 0.1) is 11.6 Å². The Hall–Kier alpha value is -2.50. The van der Waals surface area contributed by atoms with Gasteiger partial charge >= 0.3 is 0 Å². The van der Waals surface area contributed by atoms with Gasteiger partial charge in [-0.15, -0.1) is 0 Å². The van der Waals surface area contributed by atoms with Crippen LogP contribution in [0.5, 0.6) is 5.75 Å². The van der Waals surface area contributed by atoms with Gasteiger partial charge in [0, 0.05) is 12.3 Å². The van der Waals surface area contributed by atoms with Crippen molar-refractivity contribution in [2.45, 2.75) is 13.0 Å². The molecule has 0 radical (unpaired) electrons. The van der Waals surface area contributed by atoms with Gasteiger partial charge in [0.15, 0.2) is 17.7 Å². The Balaban J connectivity index is 2.00. The van der Waals surface area contributed by atoms with Crippen molar-refractivity contribution in [3.63, 3.8) is 0 Å². The van der Waals surface area contributed by atoms with Gasteiger partial charge in [-0.2, -0.15) is 0 Å². The fraction of sp³-hybridized carbons (Fsp3) is 0.143. The maximum Gasteiger partial charge on any atom is 0.266 e. The van der Waals surface area contributed by atoms with E-state index in [9.17, 15) is 13.6 Å². The van der Waals surface area contributed by atoms with Crippen molar-refractivity contribution in [1.82, 2.24) is 4.98 Å². The van der Waals surface area contributed by atoms with Crippen LogP contribution in [-0.2, 0) is 4.79 Å². The smallest absolute Gasteiger partial charge is 0.266 e. The van der Waals surface area contributed by atoms with E-state index < -0.39 is 23.6 Å². The van der Waals surface area contributed by atoms with Crippen LogP contribution in [0.4, 0.5) is 14.6 Å². The number of hydrogen-bond donors (Lipinski definition) is 1. The van der Waals surface area contributed by atoms with E-state index in [1.165, 1.54) is 13.1 Å². The average Bonchev–Trinajstić information content (AvgIpc) is 2.43. The molecule has 2 aromatic rings. The fourth-order valence-corrected chi connectivity index (χ4v) is 1.48. The van der Waals surface area contributed by atoms with Crippen LogP contribution in [0.1, 0.15) is 6.92 Å². The molecule has 2 rings (SSSR count). The molecule has 6 heteroatoms. The summed E-state index contributed by atoms with van der Waals surface area (Å²) in [4.78, 5) is 15.7. The zero-order valence-corrected chi connectivity index (χ0v) is 10.6. The van der Waals surface area contributed by atoms with Gasteiger partial charge in [0.2, 0.25) is 0 Å². The molecule has 1 aromatic carbocycles. The quantitative estimate of drug-likeness (QED) is 0.935. The van der Waals surface area contributed by atoms with Gasteiger partial charge in [0.05, 0.1) is 0 Å². The zero-order valence-electron chi connectivity index (χ0n) is 10.6. The fourth-order valence-electron chi connectivity index (χ4n) is 1.48. The molecule has 1 heterocycles. The Bertz CT molecular complexity index is 605. The van der Waals surface area contributed by atoms with Crippen molar-refractivity contribution in [1.29, 1.82) is 0 Å². The maximum atomic E-state index is 13.4. The highest BCUT2D eigenvalue weighted by Crippen LogP contribution is 2.19. The Morgan fingerprint density at radius 1 is 1.30 bits per heavy atom. The standard InChI is InChI=1S/C14H12F2N2O2/c1-9(14(19)18-13-4-2-3-7-17-13)20-12-6-5-10(15)8-11(12)16/h2-9H,1H3,(H,17,18,19). The van der Waals surface area contributed by atoms with Crippen molar-refractivity contribution >= 4 is 11.7 Å². The topological polar surface area (TPSA) is 51.2 Å². The predicted octanol–water partition coefficient (Wildman–Crippen LogP) is 2.77. The first-order valence-corrected chi connectivity index (χ1v) is 5.90. The number of halogens is 2. The highest BCUT2D eigenvalue weighted by Gasteiger charge is 2.17. The van der Waals surface area contributed by atoms with E-state index in [0.717, 1.165) is 12.1 Å². The number of rotatable bonds is 4. The minimum Gasteiger partial charge on any atom is -0.478 e. The highest BCUT2D eigenvalue weighted by molar-refractivity contribution is 5.93. The summed E-state index contributed by atoms with van der Waals surface area (Å²) >= 11 is 0. The van der Waals surface area contributed by atoms with Crippen molar-refractivity contribution in [3.8, 4) is 5.75 Å². The molecule has 1 amide bonds. The summed E-state index contributed by atoms with van der Waals surface area (Å²) in [7, 11) is 0. The number of hydrogen-bond acceptors (Lipinski definition) is 3. The summed E-state index contributed by atoms with van der Waals surface area (Å²) in [5, 5.41) is 2.52. The molecule has 0 aliphatic heterocycles. The molecule has 4 nitrogen and oxygen atoms in total. The van der Waals surface area contributed by atoms with Crippen LogP contribution in [0.25, 0.3) is 0 Å². The molecule has 0 bridgehead atoms. The van der Waals surface area contributed by atoms with Gasteiger partial charge in [-0.1, -0.05) is 6.07 Å². The first-order valence-electron chi connectivity index (χ1n) is 5.90. The molecule has 0 aliphatic carbocycles. The number of nitrogens with zero attached hydrogens (tertiary/aromatic N) is 1. The van der Waals surface area contributed by atoms with Gasteiger partial charge in [0.25, 0.3) is 5.91 Å². The average molecular weight is 278 g/mol. The number of aromatic nitrogens is 1. The SMILES string of the molecule is CC(Oc1ccc(F)cc1F)C(=O)Nc1ccccn1. The molecule has 1 aromatic heterocycles. The number of carbonyl (C=O) groups is 1. The van der Waals surface area contributed by atoms with Gasteiger partial charge < -0.3 is 10.1 Å². The largest absolute Gasteiger partial charge is 0.478 e. The van der Waals surface area contributed by atoms with Crippen LogP contribution < -0.4 is 10.1 Å². The summed E-state index contributed by atoms with van der Waals surface area (Å²) in [6.07, 6.45) is 0.581. The third-order valence-corrected chi connectivity index (χ3v) is 2.48. The van der Waals surface area contributed by atoms with Crippen molar-refractivity contribution in [3.05, 3.63) is 54.2 Å². The van der Waals surface area contributed by atoms with Crippen LogP contribution in [-0.4, -0.2) is 17.0 Å². The lowest BCUT2D eigenvalue weighted by molar-refractivity contribution is -0.122. The third-order valence-electron chi connectivity index (χ3n) is 2.48. The number of amides is 1. The van der Waals surface area contributed by atoms with Crippen LogP contribution >= 0.6 is 0 Å². The van der Waals surface area contributed by atoms with E-state index in [0.29, 0.717) is 11.9 Å². The molecule has 1 unspecified atom stereocenters. The van der Waals surface area contributed by atoms with Crippen LogP contribution in [0.3, 0.4) is 0 Å². The zero-order chi connectivity index (χ0) is 14.5. The third kappa shape index (κ3) is 3.50. The molecule has 0 saturated carbocycles. The Morgan fingerprint density at radius 3 is 2.75 bits per heavy atom. The molecule has 0 spiro atoms. The highest BCUT2D eigenvalue weighted by atomic mass is 19.1. The molecule has 0 aliphatic rings. The number of pyridine rings is 1. The molecule has 0 fully saturated rings. The minimum absolute atomic E-state index is 0.185. The maximum absolute atomic E-state index is 13.4. The Kier molecular flexibility index (Phi) is 4.24. The lowest BCUT2D eigenvalue weighted by Gasteiger charge is -2.14. The van der Waals surface area contributed by atoms with Crippen LogP contribution in [0.2, 0.25) is 0 Å². The normalized spacial score (nSPS) is 11.8. The van der Waals surface area contributed by atoms with E-state index >= 15 is 0 Å². The molecular weight excluding hydrogens is 266 g/mol. The molecule has 104 valence electrons. The molecule has 0 saturated heterocycles. The predicted molar refractivity (Wildman–Crippen MR) is 69.3 cm³/mol. The number of benzene rings is 1. The van der Waals surface area contributed by atoms with Crippen molar-refractivity contribution in [2.24, 2.45) is 0 Å². The van der Waals surface area contributed by atoms with Gasteiger partial charge in [-0.25, -0.2) is 13.8 Å². The van der Waals surface area contributed by atoms with E-state index in [-0.39, 0.29) is 5.75 Å². The summed E-state index contributed by atoms with van der Waals surface area (Å²) in [5.74, 6) is -1.86. The summed E-state index contributed by atoms with van der Waals surface area (Å²) in [5.41, 5.74) is 0. The minimum atomic E-state index is -0.947. The van der Waals surface area contributed by atoms with E-state index in [2.05, 4.69) is 10.3 Å². The lowest BCUT2D eigenvalue weighted by Crippen LogP contribution is -2.30. The first kappa shape index (κ1) is 13.9. The number of ether oxygens (including phenoxy) is 1.